The molecule has 1 aromatic carbocycles. The quantitative estimate of drug-likeness (QED) is 0.569. The van der Waals surface area contributed by atoms with Gasteiger partial charge in [0, 0.05) is 12.7 Å². The van der Waals surface area contributed by atoms with Crippen molar-refractivity contribution in [3.8, 4) is 5.75 Å². The highest BCUT2D eigenvalue weighted by Gasteiger charge is 2.13. The van der Waals surface area contributed by atoms with Gasteiger partial charge in [0.2, 0.25) is 0 Å². The van der Waals surface area contributed by atoms with E-state index < -0.39 is 11.9 Å². The summed E-state index contributed by atoms with van der Waals surface area (Å²) in [5.74, 6) is -0.491. The number of methoxy groups -OCH3 is 3. The van der Waals surface area contributed by atoms with Crippen molar-refractivity contribution < 1.29 is 28.5 Å². The molecule has 1 rings (SSSR count). The predicted octanol–water partition coefficient (Wildman–Crippen LogP) is 1.17. The number of esters is 2. The zero-order valence-electron chi connectivity index (χ0n) is 11.1. The zero-order chi connectivity index (χ0) is 14.3. The molecule has 0 atom stereocenters. The molecule has 6 heteroatoms. The molecule has 0 aliphatic rings. The largest absolute Gasteiger partial charge is 0.469 e. The van der Waals surface area contributed by atoms with Gasteiger partial charge in [-0.25, -0.2) is 4.79 Å². The number of carbonyl (C=O) groups excluding carboxylic acids is 2. The maximum Gasteiger partial charge on any atom is 0.337 e. The Kier molecular flexibility index (Phi) is 5.81. The monoisotopic (exact) mass is 268 g/mol. The number of ether oxygens (including phenoxy) is 4. The van der Waals surface area contributed by atoms with Crippen molar-refractivity contribution in [2.75, 3.05) is 28.1 Å². The minimum atomic E-state index is -0.480. The minimum Gasteiger partial charge on any atom is -0.469 e. The van der Waals surface area contributed by atoms with Gasteiger partial charge in [-0.05, 0) is 12.1 Å². The van der Waals surface area contributed by atoms with Crippen molar-refractivity contribution in [1.82, 2.24) is 0 Å². The number of hydrogen-bond acceptors (Lipinski definition) is 6. The highest BCUT2D eigenvalue weighted by molar-refractivity contribution is 5.90. The van der Waals surface area contributed by atoms with Crippen LogP contribution in [-0.4, -0.2) is 40.1 Å². The first kappa shape index (κ1) is 15.0. The first-order valence-electron chi connectivity index (χ1n) is 5.52. The Morgan fingerprint density at radius 1 is 1.11 bits per heavy atom. The number of rotatable bonds is 6. The molecule has 6 nitrogen and oxygen atoms in total. The Balaban J connectivity index is 3.01. The van der Waals surface area contributed by atoms with Gasteiger partial charge in [0.25, 0.3) is 0 Å². The van der Waals surface area contributed by atoms with E-state index >= 15 is 0 Å². The van der Waals surface area contributed by atoms with Gasteiger partial charge in [0.15, 0.2) is 6.79 Å². The van der Waals surface area contributed by atoms with Gasteiger partial charge in [-0.15, -0.1) is 0 Å². The van der Waals surface area contributed by atoms with Crippen LogP contribution in [0.3, 0.4) is 0 Å². The van der Waals surface area contributed by atoms with E-state index in [2.05, 4.69) is 9.47 Å². The second kappa shape index (κ2) is 7.38. The van der Waals surface area contributed by atoms with Crippen LogP contribution < -0.4 is 4.74 Å². The first-order chi connectivity index (χ1) is 9.12. The van der Waals surface area contributed by atoms with Crippen molar-refractivity contribution in [1.29, 1.82) is 0 Å². The van der Waals surface area contributed by atoms with E-state index in [1.54, 1.807) is 12.1 Å². The van der Waals surface area contributed by atoms with Gasteiger partial charge >= 0.3 is 11.9 Å². The van der Waals surface area contributed by atoms with Crippen LogP contribution in [-0.2, 0) is 25.4 Å². The molecule has 0 aliphatic heterocycles. The van der Waals surface area contributed by atoms with Crippen molar-refractivity contribution in [3.63, 3.8) is 0 Å². The summed E-state index contributed by atoms with van der Waals surface area (Å²) in [7, 11) is 4.07. The third-order valence-corrected chi connectivity index (χ3v) is 2.38. The fraction of sp³-hybridized carbons (Fsp3) is 0.385. The molecule has 0 radical (unpaired) electrons. The summed E-state index contributed by atoms with van der Waals surface area (Å²) in [5, 5.41) is 0. The van der Waals surface area contributed by atoms with E-state index in [0.717, 1.165) is 0 Å². The first-order valence-corrected chi connectivity index (χ1v) is 5.52. The van der Waals surface area contributed by atoms with E-state index in [1.807, 2.05) is 0 Å². The lowest BCUT2D eigenvalue weighted by Gasteiger charge is -2.11. The summed E-state index contributed by atoms with van der Waals surface area (Å²) < 4.78 is 19.3. The standard InChI is InChI=1S/C13H16O6/c1-16-8-19-11-6-10(13(15)18-3)5-4-9(11)7-12(14)17-2/h4-6H,7-8H2,1-3H3. The number of carbonyl (C=O) groups is 2. The second-order valence-corrected chi connectivity index (χ2v) is 3.62. The molecule has 104 valence electrons. The average Bonchev–Trinajstić information content (AvgIpc) is 2.45. The lowest BCUT2D eigenvalue weighted by Crippen LogP contribution is -2.09. The second-order valence-electron chi connectivity index (χ2n) is 3.62. The summed E-state index contributed by atoms with van der Waals surface area (Å²) in [6.45, 7) is 0.0127. The molecule has 19 heavy (non-hydrogen) atoms. The molecule has 0 unspecified atom stereocenters. The molecule has 0 saturated heterocycles. The molecule has 0 heterocycles. The van der Waals surface area contributed by atoms with Crippen molar-refractivity contribution in [2.24, 2.45) is 0 Å². The van der Waals surface area contributed by atoms with Crippen molar-refractivity contribution >= 4 is 11.9 Å². The lowest BCUT2D eigenvalue weighted by atomic mass is 10.1. The fourth-order valence-electron chi connectivity index (χ4n) is 1.43. The third-order valence-electron chi connectivity index (χ3n) is 2.38. The van der Waals surface area contributed by atoms with Crippen LogP contribution in [0, 0.1) is 0 Å². The normalized spacial score (nSPS) is 9.84. The Labute approximate surface area is 111 Å². The maximum atomic E-state index is 11.4. The molecule has 0 saturated carbocycles. The molecule has 1 aromatic rings. The van der Waals surface area contributed by atoms with Crippen LogP contribution in [0.15, 0.2) is 18.2 Å². The molecule has 0 amide bonds. The SMILES string of the molecule is COCOc1cc(C(=O)OC)ccc1CC(=O)OC. The highest BCUT2D eigenvalue weighted by Crippen LogP contribution is 2.22. The molecule has 0 fully saturated rings. The van der Waals surface area contributed by atoms with Gasteiger partial charge < -0.3 is 18.9 Å². The molecule has 0 spiro atoms. The van der Waals surface area contributed by atoms with E-state index in [-0.39, 0.29) is 13.2 Å². The molecule has 0 N–H and O–H groups in total. The summed E-state index contributed by atoms with van der Waals surface area (Å²) >= 11 is 0. The van der Waals surface area contributed by atoms with Crippen molar-refractivity contribution in [2.45, 2.75) is 6.42 Å². The average molecular weight is 268 g/mol. The van der Waals surface area contributed by atoms with E-state index in [1.165, 1.54) is 27.4 Å². The van der Waals surface area contributed by atoms with Gasteiger partial charge in [-0.3, -0.25) is 4.79 Å². The molecule has 0 bridgehead atoms. The van der Waals surface area contributed by atoms with E-state index in [0.29, 0.717) is 16.9 Å². The summed E-state index contributed by atoms with van der Waals surface area (Å²) in [6.07, 6.45) is 0.0526. The number of hydrogen-bond donors (Lipinski definition) is 0. The summed E-state index contributed by atoms with van der Waals surface area (Å²) in [5.41, 5.74) is 0.943. The summed E-state index contributed by atoms with van der Waals surface area (Å²) in [4.78, 5) is 22.7. The topological polar surface area (TPSA) is 71.1 Å². The van der Waals surface area contributed by atoms with Crippen LogP contribution in [0.25, 0.3) is 0 Å². The van der Waals surface area contributed by atoms with Crippen LogP contribution in [0.1, 0.15) is 15.9 Å². The molecular formula is C13H16O6. The Bertz CT molecular complexity index is 454. The van der Waals surface area contributed by atoms with Gasteiger partial charge in [-0.1, -0.05) is 6.07 Å². The molecular weight excluding hydrogens is 252 g/mol. The fourth-order valence-corrected chi connectivity index (χ4v) is 1.43. The minimum absolute atomic E-state index is 0.0127. The Morgan fingerprint density at radius 3 is 2.42 bits per heavy atom. The number of benzene rings is 1. The summed E-state index contributed by atoms with van der Waals surface area (Å²) in [6, 6.07) is 4.68. The lowest BCUT2D eigenvalue weighted by molar-refractivity contribution is -0.139. The third kappa shape index (κ3) is 4.26. The Hall–Kier alpha value is -2.08. The van der Waals surface area contributed by atoms with Gasteiger partial charge in [0.05, 0.1) is 26.2 Å². The van der Waals surface area contributed by atoms with Crippen molar-refractivity contribution in [3.05, 3.63) is 29.3 Å². The van der Waals surface area contributed by atoms with Crippen LogP contribution in [0.2, 0.25) is 0 Å². The van der Waals surface area contributed by atoms with Crippen LogP contribution >= 0.6 is 0 Å². The van der Waals surface area contributed by atoms with Crippen LogP contribution in [0.4, 0.5) is 0 Å². The zero-order valence-corrected chi connectivity index (χ0v) is 11.1. The van der Waals surface area contributed by atoms with Crippen LogP contribution in [0.5, 0.6) is 5.75 Å². The maximum absolute atomic E-state index is 11.4. The molecule has 0 aromatic heterocycles. The predicted molar refractivity (Wildman–Crippen MR) is 66.0 cm³/mol. The highest BCUT2D eigenvalue weighted by atomic mass is 16.7. The molecule has 0 aliphatic carbocycles. The van der Waals surface area contributed by atoms with E-state index in [4.69, 9.17) is 9.47 Å². The Morgan fingerprint density at radius 2 is 1.84 bits per heavy atom. The smallest absolute Gasteiger partial charge is 0.337 e. The van der Waals surface area contributed by atoms with Gasteiger partial charge in [0.1, 0.15) is 5.75 Å². The van der Waals surface area contributed by atoms with Gasteiger partial charge in [-0.2, -0.15) is 0 Å². The van der Waals surface area contributed by atoms with E-state index in [9.17, 15) is 9.59 Å².